The van der Waals surface area contributed by atoms with Gasteiger partial charge in [0.25, 0.3) is 0 Å². The lowest BCUT2D eigenvalue weighted by atomic mass is 10.1. The van der Waals surface area contributed by atoms with E-state index in [1.165, 1.54) is 19.2 Å². The first-order chi connectivity index (χ1) is 7.19. The van der Waals surface area contributed by atoms with Crippen molar-refractivity contribution in [3.63, 3.8) is 0 Å². The molecular weight excluding hydrogens is 216 g/mol. The fourth-order valence-corrected chi connectivity index (χ4v) is 1.42. The van der Waals surface area contributed by atoms with Crippen LogP contribution in [0.5, 0.6) is 5.75 Å². The van der Waals surface area contributed by atoms with E-state index in [1.54, 1.807) is 6.07 Å². The smallest absolute Gasteiger partial charge is 0.337 e. The fraction of sp³-hybridized carbons (Fsp3) is 0.364. The molecule has 0 saturated heterocycles. The van der Waals surface area contributed by atoms with Crippen molar-refractivity contribution >= 4 is 17.6 Å². The van der Waals surface area contributed by atoms with Crippen molar-refractivity contribution < 1.29 is 14.6 Å². The van der Waals surface area contributed by atoms with Gasteiger partial charge in [0.1, 0.15) is 5.75 Å². The molecule has 1 rings (SSSR count). The van der Waals surface area contributed by atoms with Crippen LogP contribution in [0.15, 0.2) is 18.2 Å². The Balaban J connectivity index is 2.89. The molecule has 0 heterocycles. The van der Waals surface area contributed by atoms with Gasteiger partial charge in [0.2, 0.25) is 0 Å². The predicted molar refractivity (Wildman–Crippen MR) is 58.5 cm³/mol. The second-order valence-electron chi connectivity index (χ2n) is 3.13. The van der Waals surface area contributed by atoms with Gasteiger partial charge in [0.05, 0.1) is 12.7 Å². The van der Waals surface area contributed by atoms with Crippen LogP contribution in [-0.4, -0.2) is 24.1 Å². The molecule has 0 unspecified atom stereocenters. The van der Waals surface area contributed by atoms with Crippen LogP contribution in [0, 0.1) is 0 Å². The molecule has 1 aromatic rings. The maximum absolute atomic E-state index is 11.2. The van der Waals surface area contributed by atoms with E-state index in [9.17, 15) is 9.90 Å². The Labute approximate surface area is 93.6 Å². The number of hydrogen-bond acceptors (Lipinski definition) is 3. The summed E-state index contributed by atoms with van der Waals surface area (Å²) in [6.45, 7) is 0. The third-order valence-electron chi connectivity index (χ3n) is 2.08. The number of carbonyl (C=O) groups excluding carboxylic acids is 1. The lowest BCUT2D eigenvalue weighted by Crippen LogP contribution is -2.02. The minimum Gasteiger partial charge on any atom is -0.508 e. The van der Waals surface area contributed by atoms with Crippen LogP contribution < -0.4 is 0 Å². The SMILES string of the molecule is COC(=O)c1ccc(O)c(CCCCl)c1. The molecule has 0 aliphatic carbocycles. The van der Waals surface area contributed by atoms with Crippen LogP contribution in [0.4, 0.5) is 0 Å². The first-order valence-corrected chi connectivity index (χ1v) is 5.18. The van der Waals surface area contributed by atoms with Gasteiger partial charge in [0, 0.05) is 5.88 Å². The van der Waals surface area contributed by atoms with Gasteiger partial charge < -0.3 is 9.84 Å². The van der Waals surface area contributed by atoms with E-state index in [0.717, 1.165) is 12.0 Å². The minimum absolute atomic E-state index is 0.188. The van der Waals surface area contributed by atoms with Crippen molar-refractivity contribution in [2.45, 2.75) is 12.8 Å². The maximum Gasteiger partial charge on any atom is 0.337 e. The highest BCUT2D eigenvalue weighted by Gasteiger charge is 2.08. The van der Waals surface area contributed by atoms with Crippen LogP contribution in [0.25, 0.3) is 0 Å². The van der Waals surface area contributed by atoms with Gasteiger partial charge in [-0.25, -0.2) is 4.79 Å². The average Bonchev–Trinajstić information content (AvgIpc) is 2.27. The van der Waals surface area contributed by atoms with Crippen LogP contribution in [0.1, 0.15) is 22.3 Å². The number of aromatic hydroxyl groups is 1. The van der Waals surface area contributed by atoms with Gasteiger partial charge in [-0.3, -0.25) is 0 Å². The molecule has 82 valence electrons. The van der Waals surface area contributed by atoms with Crippen molar-refractivity contribution in [3.8, 4) is 5.75 Å². The van der Waals surface area contributed by atoms with Crippen molar-refractivity contribution in [2.24, 2.45) is 0 Å². The molecule has 0 aliphatic heterocycles. The number of hydrogen-bond donors (Lipinski definition) is 1. The Kier molecular flexibility index (Phi) is 4.43. The second-order valence-corrected chi connectivity index (χ2v) is 3.51. The summed E-state index contributed by atoms with van der Waals surface area (Å²) >= 11 is 5.56. The highest BCUT2D eigenvalue weighted by molar-refractivity contribution is 6.17. The van der Waals surface area contributed by atoms with E-state index in [4.69, 9.17) is 11.6 Å². The molecule has 0 radical (unpaired) electrons. The van der Waals surface area contributed by atoms with Gasteiger partial charge in [-0.15, -0.1) is 11.6 Å². The quantitative estimate of drug-likeness (QED) is 0.636. The van der Waals surface area contributed by atoms with Crippen molar-refractivity contribution in [3.05, 3.63) is 29.3 Å². The average molecular weight is 229 g/mol. The minimum atomic E-state index is -0.401. The molecule has 15 heavy (non-hydrogen) atoms. The number of alkyl halides is 1. The Bertz CT molecular complexity index is 350. The molecule has 0 aromatic heterocycles. The number of halogens is 1. The van der Waals surface area contributed by atoms with E-state index >= 15 is 0 Å². The number of ether oxygens (including phenoxy) is 1. The van der Waals surface area contributed by atoms with Gasteiger partial charge in [-0.05, 0) is 36.6 Å². The molecule has 1 aromatic carbocycles. The Hall–Kier alpha value is -1.22. The van der Waals surface area contributed by atoms with Gasteiger partial charge in [-0.1, -0.05) is 0 Å². The first-order valence-electron chi connectivity index (χ1n) is 4.65. The predicted octanol–water partition coefficient (Wildman–Crippen LogP) is 2.35. The lowest BCUT2D eigenvalue weighted by Gasteiger charge is -2.05. The number of phenols is 1. The Morgan fingerprint density at radius 2 is 2.27 bits per heavy atom. The number of carbonyl (C=O) groups is 1. The van der Waals surface area contributed by atoms with Crippen LogP contribution in [0.2, 0.25) is 0 Å². The van der Waals surface area contributed by atoms with Crippen LogP contribution >= 0.6 is 11.6 Å². The summed E-state index contributed by atoms with van der Waals surface area (Å²) in [6.07, 6.45) is 1.42. The summed E-state index contributed by atoms with van der Waals surface area (Å²) in [6, 6.07) is 4.66. The molecule has 0 bridgehead atoms. The van der Waals surface area contributed by atoms with E-state index in [0.29, 0.717) is 17.9 Å². The number of esters is 1. The zero-order chi connectivity index (χ0) is 11.3. The third-order valence-corrected chi connectivity index (χ3v) is 2.35. The summed E-state index contributed by atoms with van der Waals surface area (Å²) in [5, 5.41) is 9.52. The normalized spacial score (nSPS) is 10.0. The highest BCUT2D eigenvalue weighted by atomic mass is 35.5. The lowest BCUT2D eigenvalue weighted by molar-refractivity contribution is 0.0600. The molecular formula is C11H13ClO3. The number of phenolic OH excluding ortho intramolecular Hbond substituents is 1. The summed E-state index contributed by atoms with van der Waals surface area (Å²) < 4.78 is 4.59. The molecule has 0 amide bonds. The second kappa shape index (κ2) is 5.61. The largest absolute Gasteiger partial charge is 0.508 e. The molecule has 4 heteroatoms. The van der Waals surface area contributed by atoms with E-state index in [1.807, 2.05) is 0 Å². The van der Waals surface area contributed by atoms with Crippen LogP contribution in [-0.2, 0) is 11.2 Å². The van der Waals surface area contributed by atoms with Crippen molar-refractivity contribution in [2.75, 3.05) is 13.0 Å². The molecule has 0 spiro atoms. The monoisotopic (exact) mass is 228 g/mol. The third kappa shape index (κ3) is 3.13. The zero-order valence-electron chi connectivity index (χ0n) is 8.50. The summed E-state index contributed by atoms with van der Waals surface area (Å²) in [5.41, 5.74) is 1.17. The van der Waals surface area contributed by atoms with Crippen molar-refractivity contribution in [1.82, 2.24) is 0 Å². The van der Waals surface area contributed by atoms with E-state index in [2.05, 4.69) is 4.74 Å². The Morgan fingerprint density at radius 3 is 2.87 bits per heavy atom. The van der Waals surface area contributed by atoms with Gasteiger partial charge >= 0.3 is 5.97 Å². The number of methoxy groups -OCH3 is 1. The number of benzene rings is 1. The summed E-state index contributed by atoms with van der Waals surface area (Å²) in [7, 11) is 1.33. The fourth-order valence-electron chi connectivity index (χ4n) is 1.29. The summed E-state index contributed by atoms with van der Waals surface area (Å²) in [5.74, 6) is 0.317. The molecule has 0 fully saturated rings. The topological polar surface area (TPSA) is 46.5 Å². The standard InChI is InChI=1S/C11H13ClO3/c1-15-11(14)9-4-5-10(13)8(7-9)3-2-6-12/h4-5,7,13H,2-3,6H2,1H3. The molecule has 0 saturated carbocycles. The molecule has 0 atom stereocenters. The molecule has 0 aliphatic rings. The first kappa shape index (κ1) is 11.9. The molecule has 1 N–H and O–H groups in total. The highest BCUT2D eigenvalue weighted by Crippen LogP contribution is 2.20. The van der Waals surface area contributed by atoms with Crippen LogP contribution in [0.3, 0.4) is 0 Å². The maximum atomic E-state index is 11.2. The van der Waals surface area contributed by atoms with E-state index in [-0.39, 0.29) is 5.75 Å². The zero-order valence-corrected chi connectivity index (χ0v) is 9.25. The number of rotatable bonds is 4. The summed E-state index contributed by atoms with van der Waals surface area (Å²) in [4.78, 5) is 11.2. The molecule has 3 nitrogen and oxygen atoms in total. The number of aryl methyl sites for hydroxylation is 1. The van der Waals surface area contributed by atoms with Crippen molar-refractivity contribution in [1.29, 1.82) is 0 Å². The van der Waals surface area contributed by atoms with Gasteiger partial charge in [0.15, 0.2) is 0 Å². The van der Waals surface area contributed by atoms with Gasteiger partial charge in [-0.2, -0.15) is 0 Å². The van der Waals surface area contributed by atoms with E-state index < -0.39 is 5.97 Å². The Morgan fingerprint density at radius 1 is 1.53 bits per heavy atom.